The van der Waals surface area contributed by atoms with Crippen molar-refractivity contribution in [3.8, 4) is 0 Å². The van der Waals surface area contributed by atoms with Crippen LogP contribution in [-0.2, 0) is 35.1 Å². The molecule has 0 spiro atoms. The number of ketones is 2. The van der Waals surface area contributed by atoms with Crippen LogP contribution in [0.3, 0.4) is 0 Å². The first-order valence-electron chi connectivity index (χ1n) is 11.8. The van der Waals surface area contributed by atoms with Crippen LogP contribution >= 0.6 is 0 Å². The summed E-state index contributed by atoms with van der Waals surface area (Å²) < 4.78 is 10.2. The van der Waals surface area contributed by atoms with Crippen LogP contribution in [0.4, 0.5) is 4.79 Å². The predicted octanol–water partition coefficient (Wildman–Crippen LogP) is 2.78. The Morgan fingerprint density at radius 2 is 1.80 bits per heavy atom. The van der Waals surface area contributed by atoms with Gasteiger partial charge >= 0.3 is 12.1 Å². The zero-order chi connectivity index (χ0) is 25.8. The summed E-state index contributed by atoms with van der Waals surface area (Å²) in [5.74, 6) is -3.63. The number of carbonyl (C=O) groups is 5. The average Bonchev–Trinajstić information content (AvgIpc) is 3.20. The van der Waals surface area contributed by atoms with Crippen LogP contribution in [0, 0.1) is 5.92 Å². The van der Waals surface area contributed by atoms with Crippen molar-refractivity contribution in [2.75, 3.05) is 13.2 Å². The maximum atomic E-state index is 13.2. The number of rotatable bonds is 14. The van der Waals surface area contributed by atoms with E-state index in [0.29, 0.717) is 19.3 Å². The van der Waals surface area contributed by atoms with E-state index in [1.54, 1.807) is 0 Å². The van der Waals surface area contributed by atoms with Gasteiger partial charge in [0.2, 0.25) is 5.91 Å². The fourth-order valence-corrected chi connectivity index (χ4v) is 3.82. The van der Waals surface area contributed by atoms with Crippen molar-refractivity contribution in [1.29, 1.82) is 0 Å². The van der Waals surface area contributed by atoms with Gasteiger partial charge in [0.1, 0.15) is 6.61 Å². The number of hydrogen-bond donors (Lipinski definition) is 1. The molecule has 9 nitrogen and oxygen atoms in total. The third-order valence-corrected chi connectivity index (χ3v) is 5.69. The third kappa shape index (κ3) is 8.75. The second-order valence-electron chi connectivity index (χ2n) is 8.54. The molecular formula is C26H33NO8. The molecule has 1 aliphatic rings. The molecule has 1 aromatic carbocycles. The standard InChI is InChI=1S/C26H33NO8/c1-18(25(32)27-21(17-34-26(27)33)16-20-10-6-5-7-11-20)24(35-19(2)29)23(31)14-13-22(30)12-8-3-4-9-15-28/h5-7,10-11,13-14,18,21,24,28H,3-4,8-9,12,15-17H2,1-2H3. The van der Waals surface area contributed by atoms with E-state index < -0.39 is 41.8 Å². The number of hydrogen-bond acceptors (Lipinski definition) is 8. The molecule has 0 saturated carbocycles. The van der Waals surface area contributed by atoms with E-state index in [1.807, 2.05) is 30.3 Å². The summed E-state index contributed by atoms with van der Waals surface area (Å²) in [6, 6.07) is 8.73. The fraction of sp³-hybridized carbons (Fsp3) is 0.500. The fourth-order valence-electron chi connectivity index (χ4n) is 3.82. The van der Waals surface area contributed by atoms with Crippen LogP contribution in [-0.4, -0.2) is 64.9 Å². The van der Waals surface area contributed by atoms with Gasteiger partial charge in [0.15, 0.2) is 17.7 Å². The van der Waals surface area contributed by atoms with Crippen LogP contribution in [0.5, 0.6) is 0 Å². The maximum Gasteiger partial charge on any atom is 0.416 e. The van der Waals surface area contributed by atoms with Gasteiger partial charge in [-0.2, -0.15) is 0 Å². The van der Waals surface area contributed by atoms with Crippen LogP contribution in [0.1, 0.15) is 51.5 Å². The number of ether oxygens (including phenoxy) is 2. The SMILES string of the molecule is CC(=O)OC(C(=O)C=CC(=O)CCCCCCO)C(C)C(=O)N1C(=O)OCC1Cc1ccccc1. The molecule has 3 atom stereocenters. The minimum absolute atomic E-state index is 0.0189. The molecule has 0 aromatic heterocycles. The minimum Gasteiger partial charge on any atom is -0.453 e. The third-order valence-electron chi connectivity index (χ3n) is 5.69. The van der Waals surface area contributed by atoms with Crippen molar-refractivity contribution in [2.45, 2.75) is 64.5 Å². The van der Waals surface area contributed by atoms with Crippen LogP contribution in [0.15, 0.2) is 42.5 Å². The van der Waals surface area contributed by atoms with Crippen molar-refractivity contribution in [3.05, 3.63) is 48.0 Å². The summed E-state index contributed by atoms with van der Waals surface area (Å²) in [5, 5.41) is 8.78. The second-order valence-corrected chi connectivity index (χ2v) is 8.54. The van der Waals surface area contributed by atoms with E-state index in [1.165, 1.54) is 6.92 Å². The Labute approximate surface area is 205 Å². The lowest BCUT2D eigenvalue weighted by Crippen LogP contribution is -2.48. The molecule has 0 aliphatic carbocycles. The van der Waals surface area contributed by atoms with Gasteiger partial charge in [-0.15, -0.1) is 0 Å². The first-order valence-corrected chi connectivity index (χ1v) is 11.8. The van der Waals surface area contributed by atoms with E-state index in [4.69, 9.17) is 14.6 Å². The minimum atomic E-state index is -1.49. The Morgan fingerprint density at radius 1 is 1.11 bits per heavy atom. The average molecular weight is 488 g/mol. The maximum absolute atomic E-state index is 13.2. The van der Waals surface area contributed by atoms with Gasteiger partial charge in [0.25, 0.3) is 0 Å². The molecule has 1 fully saturated rings. The molecular weight excluding hydrogens is 454 g/mol. The number of esters is 1. The van der Waals surface area contributed by atoms with Gasteiger partial charge in [-0.05, 0) is 43.9 Å². The van der Waals surface area contributed by atoms with E-state index in [-0.39, 0.29) is 25.4 Å². The monoisotopic (exact) mass is 487 g/mol. The number of aliphatic hydroxyl groups excluding tert-OH is 1. The van der Waals surface area contributed by atoms with Gasteiger partial charge < -0.3 is 14.6 Å². The number of cyclic esters (lactones) is 1. The molecule has 9 heteroatoms. The zero-order valence-corrected chi connectivity index (χ0v) is 20.2. The molecule has 2 amide bonds. The topological polar surface area (TPSA) is 127 Å². The normalized spacial score (nSPS) is 17.2. The van der Waals surface area contributed by atoms with Crippen molar-refractivity contribution in [2.24, 2.45) is 5.92 Å². The molecule has 0 bridgehead atoms. The van der Waals surface area contributed by atoms with Crippen molar-refractivity contribution in [1.82, 2.24) is 4.90 Å². The Bertz CT molecular complexity index is 927. The van der Waals surface area contributed by atoms with E-state index >= 15 is 0 Å². The predicted molar refractivity (Wildman–Crippen MR) is 126 cm³/mol. The molecule has 1 heterocycles. The molecule has 0 radical (unpaired) electrons. The van der Waals surface area contributed by atoms with Crippen LogP contribution < -0.4 is 0 Å². The van der Waals surface area contributed by atoms with Gasteiger partial charge in [0.05, 0.1) is 12.0 Å². The summed E-state index contributed by atoms with van der Waals surface area (Å²) in [6.45, 7) is 2.64. The van der Waals surface area contributed by atoms with Crippen molar-refractivity contribution in [3.63, 3.8) is 0 Å². The number of carbonyl (C=O) groups excluding carboxylic acids is 5. The van der Waals surface area contributed by atoms with Crippen molar-refractivity contribution >= 4 is 29.5 Å². The Morgan fingerprint density at radius 3 is 2.46 bits per heavy atom. The molecule has 1 aliphatic heterocycles. The van der Waals surface area contributed by atoms with Gasteiger partial charge in [-0.25, -0.2) is 9.69 Å². The number of benzene rings is 1. The number of unbranched alkanes of at least 4 members (excludes halogenated alkanes) is 3. The summed E-state index contributed by atoms with van der Waals surface area (Å²) in [4.78, 5) is 63.0. The van der Waals surface area contributed by atoms with E-state index in [9.17, 15) is 24.0 Å². The zero-order valence-electron chi connectivity index (χ0n) is 20.2. The highest BCUT2D eigenvalue weighted by Gasteiger charge is 2.43. The molecule has 2 rings (SSSR count). The van der Waals surface area contributed by atoms with Gasteiger partial charge in [-0.1, -0.05) is 43.2 Å². The Hall–Kier alpha value is -3.33. The molecule has 1 saturated heterocycles. The highest BCUT2D eigenvalue weighted by molar-refractivity contribution is 6.04. The number of nitrogens with zero attached hydrogens (tertiary/aromatic N) is 1. The summed E-state index contributed by atoms with van der Waals surface area (Å²) in [7, 11) is 0. The van der Waals surface area contributed by atoms with E-state index in [0.717, 1.165) is 42.4 Å². The highest BCUT2D eigenvalue weighted by atomic mass is 16.6. The quantitative estimate of drug-likeness (QED) is 0.241. The number of imide groups is 1. The Kier molecular flexibility index (Phi) is 11.3. The molecule has 1 aromatic rings. The lowest BCUT2D eigenvalue weighted by atomic mass is 9.97. The molecule has 35 heavy (non-hydrogen) atoms. The number of allylic oxidation sites excluding steroid dienone is 1. The lowest BCUT2D eigenvalue weighted by molar-refractivity contribution is -0.158. The van der Waals surface area contributed by atoms with Crippen LogP contribution in [0.25, 0.3) is 0 Å². The summed E-state index contributed by atoms with van der Waals surface area (Å²) in [6.07, 6.45) is 3.34. The molecule has 3 unspecified atom stereocenters. The molecule has 1 N–H and O–H groups in total. The number of amides is 2. The highest BCUT2D eigenvalue weighted by Crippen LogP contribution is 2.23. The van der Waals surface area contributed by atoms with Crippen LogP contribution in [0.2, 0.25) is 0 Å². The lowest BCUT2D eigenvalue weighted by Gasteiger charge is -2.26. The van der Waals surface area contributed by atoms with E-state index in [2.05, 4.69) is 0 Å². The second kappa shape index (κ2) is 14.2. The first-order chi connectivity index (χ1) is 16.7. The van der Waals surface area contributed by atoms with Gasteiger partial charge in [-0.3, -0.25) is 19.2 Å². The summed E-state index contributed by atoms with van der Waals surface area (Å²) in [5.41, 5.74) is 0.909. The largest absolute Gasteiger partial charge is 0.453 e. The van der Waals surface area contributed by atoms with Crippen molar-refractivity contribution < 1.29 is 38.6 Å². The molecule has 190 valence electrons. The smallest absolute Gasteiger partial charge is 0.416 e. The number of aliphatic hydroxyl groups is 1. The Balaban J connectivity index is 2.06. The summed E-state index contributed by atoms with van der Waals surface area (Å²) >= 11 is 0. The first kappa shape index (κ1) is 27.9. The van der Waals surface area contributed by atoms with Gasteiger partial charge in [0, 0.05) is 20.0 Å².